The molecule has 6 heteroatoms. The average molecular weight is 236 g/mol. The van der Waals surface area contributed by atoms with Crippen LogP contribution in [0.4, 0.5) is 0 Å². The smallest absolute Gasteiger partial charge is 0.131 e. The number of nitrogens with two attached hydrogens (primary N) is 1. The molecule has 1 aromatic rings. The second-order valence-corrected chi connectivity index (χ2v) is 4.99. The van der Waals surface area contributed by atoms with E-state index in [0.717, 1.165) is 11.3 Å². The predicted octanol–water partition coefficient (Wildman–Crippen LogP) is 0.589. The van der Waals surface area contributed by atoms with Crippen molar-refractivity contribution in [3.8, 4) is 0 Å². The van der Waals surface area contributed by atoms with Gasteiger partial charge in [-0.15, -0.1) is 0 Å². The summed E-state index contributed by atoms with van der Waals surface area (Å²) in [6.07, 6.45) is 0. The molecule has 0 fully saturated rings. The van der Waals surface area contributed by atoms with Crippen LogP contribution in [-0.2, 0) is 23.6 Å². The minimum absolute atomic E-state index is 0.434. The van der Waals surface area contributed by atoms with Crippen molar-refractivity contribution in [3.63, 3.8) is 0 Å². The van der Waals surface area contributed by atoms with Crippen molar-refractivity contribution in [3.05, 3.63) is 16.4 Å². The maximum Gasteiger partial charge on any atom is 0.131 e. The fraction of sp³-hybridized carbons (Fsp3) is 0.625. The van der Waals surface area contributed by atoms with E-state index in [9.17, 15) is 4.21 Å². The SMILES string of the molecule is Cc1nn(C)c(Cl)c1CS(=O)CCN. The van der Waals surface area contributed by atoms with Gasteiger partial charge in [0.05, 0.1) is 11.4 Å². The molecule has 0 saturated heterocycles. The highest BCUT2D eigenvalue weighted by Crippen LogP contribution is 2.20. The number of rotatable bonds is 4. The van der Waals surface area contributed by atoms with E-state index in [-0.39, 0.29) is 0 Å². The molecule has 0 spiro atoms. The van der Waals surface area contributed by atoms with Crippen molar-refractivity contribution in [2.45, 2.75) is 12.7 Å². The maximum absolute atomic E-state index is 11.5. The van der Waals surface area contributed by atoms with Crippen molar-refractivity contribution < 1.29 is 4.21 Å². The molecule has 80 valence electrons. The van der Waals surface area contributed by atoms with Crippen LogP contribution in [0.2, 0.25) is 5.15 Å². The number of nitrogens with zero attached hydrogens (tertiary/aromatic N) is 2. The van der Waals surface area contributed by atoms with Crippen molar-refractivity contribution >= 4 is 22.4 Å². The zero-order valence-electron chi connectivity index (χ0n) is 8.29. The Kier molecular flexibility index (Phi) is 4.10. The molecule has 0 aliphatic carbocycles. The Bertz CT molecular complexity index is 351. The lowest BCUT2D eigenvalue weighted by Crippen LogP contribution is -2.11. The number of aryl methyl sites for hydroxylation is 2. The lowest BCUT2D eigenvalue weighted by Gasteiger charge is -2.00. The summed E-state index contributed by atoms with van der Waals surface area (Å²) in [5.41, 5.74) is 7.02. The zero-order chi connectivity index (χ0) is 10.7. The number of hydrogen-bond donors (Lipinski definition) is 1. The Labute approximate surface area is 90.9 Å². The minimum atomic E-state index is -0.941. The molecule has 0 aromatic carbocycles. The quantitative estimate of drug-likeness (QED) is 0.831. The summed E-state index contributed by atoms with van der Waals surface area (Å²) in [7, 11) is 0.828. The monoisotopic (exact) mass is 235 g/mol. The van der Waals surface area contributed by atoms with Gasteiger partial charge in [-0.1, -0.05) is 11.6 Å². The van der Waals surface area contributed by atoms with Gasteiger partial charge >= 0.3 is 0 Å². The molecular formula is C8H14ClN3OS. The van der Waals surface area contributed by atoms with Crippen molar-refractivity contribution in [1.82, 2.24) is 9.78 Å². The van der Waals surface area contributed by atoms with Gasteiger partial charge in [0.2, 0.25) is 0 Å². The molecule has 0 saturated carbocycles. The van der Waals surface area contributed by atoms with Gasteiger partial charge in [-0.2, -0.15) is 5.10 Å². The Balaban J connectivity index is 2.81. The zero-order valence-corrected chi connectivity index (χ0v) is 9.86. The Morgan fingerprint density at radius 3 is 2.71 bits per heavy atom. The molecule has 1 heterocycles. The van der Waals surface area contributed by atoms with Crippen LogP contribution in [0.1, 0.15) is 11.3 Å². The minimum Gasteiger partial charge on any atom is -0.330 e. The molecule has 1 aromatic heterocycles. The lowest BCUT2D eigenvalue weighted by atomic mass is 10.3. The highest BCUT2D eigenvalue weighted by atomic mass is 35.5. The van der Waals surface area contributed by atoms with Crippen LogP contribution in [0.3, 0.4) is 0 Å². The fourth-order valence-electron chi connectivity index (χ4n) is 1.20. The van der Waals surface area contributed by atoms with E-state index in [1.54, 1.807) is 11.7 Å². The van der Waals surface area contributed by atoms with Gasteiger partial charge in [0.1, 0.15) is 5.15 Å². The van der Waals surface area contributed by atoms with Gasteiger partial charge < -0.3 is 5.73 Å². The normalized spacial score (nSPS) is 13.1. The molecule has 1 unspecified atom stereocenters. The van der Waals surface area contributed by atoms with Crippen LogP contribution < -0.4 is 5.73 Å². The van der Waals surface area contributed by atoms with E-state index in [1.165, 1.54) is 0 Å². The van der Waals surface area contributed by atoms with Gasteiger partial charge in [0.25, 0.3) is 0 Å². The van der Waals surface area contributed by atoms with Crippen LogP contribution in [0.15, 0.2) is 0 Å². The van der Waals surface area contributed by atoms with Gasteiger partial charge in [0.15, 0.2) is 0 Å². The molecule has 1 rings (SSSR count). The van der Waals surface area contributed by atoms with Crippen LogP contribution in [0.5, 0.6) is 0 Å². The highest BCUT2D eigenvalue weighted by molar-refractivity contribution is 7.84. The molecule has 4 nitrogen and oxygen atoms in total. The summed E-state index contributed by atoms with van der Waals surface area (Å²) in [6.45, 7) is 2.30. The van der Waals surface area contributed by atoms with Crippen LogP contribution >= 0.6 is 11.6 Å². The molecule has 2 N–H and O–H groups in total. The summed E-state index contributed by atoms with van der Waals surface area (Å²) >= 11 is 5.99. The van der Waals surface area contributed by atoms with Gasteiger partial charge in [0, 0.05) is 35.7 Å². The molecule has 0 aliphatic rings. The van der Waals surface area contributed by atoms with Gasteiger partial charge in [-0.05, 0) is 6.92 Å². The summed E-state index contributed by atoms with van der Waals surface area (Å²) in [4.78, 5) is 0. The van der Waals surface area contributed by atoms with Crippen molar-refractivity contribution in [1.29, 1.82) is 0 Å². The summed E-state index contributed by atoms with van der Waals surface area (Å²) < 4.78 is 13.1. The topological polar surface area (TPSA) is 60.9 Å². The molecule has 14 heavy (non-hydrogen) atoms. The first-order chi connectivity index (χ1) is 6.56. The van der Waals surface area contributed by atoms with E-state index >= 15 is 0 Å². The van der Waals surface area contributed by atoms with Crippen molar-refractivity contribution in [2.24, 2.45) is 12.8 Å². The summed E-state index contributed by atoms with van der Waals surface area (Å²) in [6, 6.07) is 0. The first-order valence-electron chi connectivity index (χ1n) is 4.29. The first kappa shape index (κ1) is 11.7. The van der Waals surface area contributed by atoms with E-state index in [4.69, 9.17) is 17.3 Å². The Hall–Kier alpha value is -0.390. The van der Waals surface area contributed by atoms with Crippen LogP contribution in [0.25, 0.3) is 0 Å². The van der Waals surface area contributed by atoms with E-state index < -0.39 is 10.8 Å². The van der Waals surface area contributed by atoms with E-state index in [2.05, 4.69) is 5.10 Å². The molecule has 0 bridgehead atoms. The Morgan fingerprint density at radius 2 is 2.29 bits per heavy atom. The largest absolute Gasteiger partial charge is 0.330 e. The molecule has 1 atom stereocenters. The molecule has 0 radical (unpaired) electrons. The first-order valence-corrected chi connectivity index (χ1v) is 6.16. The highest BCUT2D eigenvalue weighted by Gasteiger charge is 2.13. The standard InChI is InChI=1S/C8H14ClN3OS/c1-6-7(5-14(13)4-3-10)8(9)12(2)11-6/h3-5,10H2,1-2H3. The molecule has 0 aliphatic heterocycles. The fourth-order valence-corrected chi connectivity index (χ4v) is 2.60. The Morgan fingerprint density at radius 1 is 1.64 bits per heavy atom. The van der Waals surface area contributed by atoms with Crippen LogP contribution in [0, 0.1) is 6.92 Å². The average Bonchev–Trinajstić information content (AvgIpc) is 2.33. The second kappa shape index (κ2) is 4.91. The third kappa shape index (κ3) is 2.56. The third-order valence-electron chi connectivity index (χ3n) is 1.92. The number of aromatic nitrogens is 2. The second-order valence-electron chi connectivity index (χ2n) is 3.06. The predicted molar refractivity (Wildman–Crippen MR) is 58.7 cm³/mol. The number of hydrogen-bond acceptors (Lipinski definition) is 3. The molecule has 0 amide bonds. The maximum atomic E-state index is 11.5. The lowest BCUT2D eigenvalue weighted by molar-refractivity contribution is 0.682. The third-order valence-corrected chi connectivity index (χ3v) is 3.70. The van der Waals surface area contributed by atoms with Crippen molar-refractivity contribution in [2.75, 3.05) is 12.3 Å². The van der Waals surface area contributed by atoms with Gasteiger partial charge in [-0.25, -0.2) is 0 Å². The number of halogens is 1. The van der Waals surface area contributed by atoms with Gasteiger partial charge in [-0.3, -0.25) is 8.89 Å². The van der Waals surface area contributed by atoms with E-state index in [1.807, 2.05) is 6.92 Å². The summed E-state index contributed by atoms with van der Waals surface area (Å²) in [5, 5.41) is 4.71. The molecular weight excluding hydrogens is 222 g/mol. The summed E-state index contributed by atoms with van der Waals surface area (Å²) in [5.74, 6) is 0.945. The van der Waals surface area contributed by atoms with Crippen LogP contribution in [-0.4, -0.2) is 26.3 Å². The van der Waals surface area contributed by atoms with E-state index in [0.29, 0.717) is 23.2 Å².